The summed E-state index contributed by atoms with van der Waals surface area (Å²) < 4.78 is 1.03. The average Bonchev–Trinajstić information content (AvgIpc) is 2.31. The van der Waals surface area contributed by atoms with Crippen LogP contribution in [0.1, 0.15) is 36.2 Å². The Balaban J connectivity index is 2.78. The van der Waals surface area contributed by atoms with Crippen LogP contribution >= 0.6 is 38.5 Å². The summed E-state index contributed by atoms with van der Waals surface area (Å²) in [6.07, 6.45) is 0.986. The van der Waals surface area contributed by atoms with E-state index in [0.29, 0.717) is 5.92 Å². The molecule has 0 saturated carbocycles. The van der Waals surface area contributed by atoms with Crippen LogP contribution in [-0.2, 0) is 0 Å². The molecule has 0 fully saturated rings. The molecule has 0 heterocycles. The number of hydrogen-bond acceptors (Lipinski definition) is 1. The molecule has 0 aliphatic carbocycles. The van der Waals surface area contributed by atoms with E-state index < -0.39 is 0 Å². The zero-order valence-corrected chi connectivity index (χ0v) is 14.7. The Morgan fingerprint density at radius 1 is 1.44 bits per heavy atom. The molecule has 100 valence electrons. The Bertz CT molecular complexity index is 420. The van der Waals surface area contributed by atoms with Gasteiger partial charge in [0.15, 0.2) is 0 Å². The minimum atomic E-state index is 0.0215. The minimum Gasteiger partial charge on any atom is -0.348 e. The Kier molecular flexibility index (Phi) is 6.63. The second-order valence-corrected chi connectivity index (χ2v) is 6.62. The van der Waals surface area contributed by atoms with Gasteiger partial charge in [-0.1, -0.05) is 41.9 Å². The zero-order chi connectivity index (χ0) is 13.7. The van der Waals surface area contributed by atoms with E-state index in [1.54, 1.807) is 0 Å². The number of hydrogen-bond donors (Lipinski definition) is 1. The number of carbonyl (C=O) groups is 1. The number of aryl methyl sites for hydroxylation is 1. The lowest BCUT2D eigenvalue weighted by Gasteiger charge is -2.19. The molecule has 0 bridgehead atoms. The molecular weight excluding hydrogens is 405 g/mol. The van der Waals surface area contributed by atoms with Crippen LogP contribution in [0.15, 0.2) is 18.2 Å². The van der Waals surface area contributed by atoms with Gasteiger partial charge in [-0.05, 0) is 53.5 Å². The molecule has 0 radical (unpaired) electrons. The van der Waals surface area contributed by atoms with E-state index >= 15 is 0 Å². The summed E-state index contributed by atoms with van der Waals surface area (Å²) >= 11 is 5.69. The molecule has 1 aromatic carbocycles. The van der Waals surface area contributed by atoms with Gasteiger partial charge in [0.1, 0.15) is 0 Å². The highest BCUT2D eigenvalue weighted by Crippen LogP contribution is 2.17. The van der Waals surface area contributed by atoms with Gasteiger partial charge in [-0.2, -0.15) is 0 Å². The summed E-state index contributed by atoms with van der Waals surface area (Å²) in [5, 5.41) is 3.88. The maximum atomic E-state index is 12.2. The SMILES string of the molecule is Cc1cccc(C(=O)NC(CBr)CC(C)C)c1I. The first-order valence-corrected chi connectivity index (χ1v) is 8.27. The Hall–Kier alpha value is -0.100. The van der Waals surface area contributed by atoms with Crippen LogP contribution in [0.4, 0.5) is 0 Å². The van der Waals surface area contributed by atoms with Crippen LogP contribution in [0.2, 0.25) is 0 Å². The summed E-state index contributed by atoms with van der Waals surface area (Å²) in [5.74, 6) is 0.595. The second kappa shape index (κ2) is 7.48. The highest BCUT2D eigenvalue weighted by atomic mass is 127. The minimum absolute atomic E-state index is 0.0215. The fourth-order valence-electron chi connectivity index (χ4n) is 1.82. The number of rotatable bonds is 5. The zero-order valence-electron chi connectivity index (χ0n) is 11.0. The van der Waals surface area contributed by atoms with E-state index in [9.17, 15) is 4.79 Å². The number of halogens is 2. The van der Waals surface area contributed by atoms with E-state index in [2.05, 4.69) is 57.7 Å². The van der Waals surface area contributed by atoms with Gasteiger partial charge in [-0.25, -0.2) is 0 Å². The summed E-state index contributed by atoms with van der Waals surface area (Å²) in [6, 6.07) is 6.02. The van der Waals surface area contributed by atoms with Crippen molar-refractivity contribution in [1.82, 2.24) is 5.32 Å². The van der Waals surface area contributed by atoms with Crippen LogP contribution in [0.25, 0.3) is 0 Å². The van der Waals surface area contributed by atoms with Gasteiger partial charge in [0, 0.05) is 14.9 Å². The Morgan fingerprint density at radius 3 is 2.67 bits per heavy atom. The van der Waals surface area contributed by atoms with Crippen molar-refractivity contribution in [3.05, 3.63) is 32.9 Å². The van der Waals surface area contributed by atoms with E-state index in [4.69, 9.17) is 0 Å². The number of amides is 1. The largest absolute Gasteiger partial charge is 0.348 e. The third-order valence-electron chi connectivity index (χ3n) is 2.71. The van der Waals surface area contributed by atoms with Gasteiger partial charge in [-0.3, -0.25) is 4.79 Å². The molecule has 0 aromatic heterocycles. The van der Waals surface area contributed by atoms with Gasteiger partial charge >= 0.3 is 0 Å². The van der Waals surface area contributed by atoms with E-state index in [1.165, 1.54) is 0 Å². The first kappa shape index (κ1) is 16.0. The molecule has 0 spiro atoms. The van der Waals surface area contributed by atoms with Crippen molar-refractivity contribution in [2.24, 2.45) is 5.92 Å². The summed E-state index contributed by atoms with van der Waals surface area (Å²) in [7, 11) is 0. The fraction of sp³-hybridized carbons (Fsp3) is 0.500. The van der Waals surface area contributed by atoms with Crippen LogP contribution < -0.4 is 5.32 Å². The van der Waals surface area contributed by atoms with Crippen molar-refractivity contribution in [3.8, 4) is 0 Å². The van der Waals surface area contributed by atoms with Crippen molar-refractivity contribution in [2.45, 2.75) is 33.2 Å². The van der Waals surface area contributed by atoms with Crippen molar-refractivity contribution in [3.63, 3.8) is 0 Å². The highest BCUT2D eigenvalue weighted by molar-refractivity contribution is 14.1. The maximum Gasteiger partial charge on any atom is 0.252 e. The van der Waals surface area contributed by atoms with Gasteiger partial charge < -0.3 is 5.32 Å². The molecule has 2 nitrogen and oxygen atoms in total. The molecule has 18 heavy (non-hydrogen) atoms. The molecular formula is C14H19BrINO. The fourth-order valence-corrected chi connectivity index (χ4v) is 2.85. The van der Waals surface area contributed by atoms with Crippen molar-refractivity contribution < 1.29 is 4.79 Å². The lowest BCUT2D eigenvalue weighted by molar-refractivity contribution is 0.0936. The maximum absolute atomic E-state index is 12.2. The number of alkyl halides is 1. The van der Waals surface area contributed by atoms with Gasteiger partial charge in [0.25, 0.3) is 5.91 Å². The summed E-state index contributed by atoms with van der Waals surface area (Å²) in [4.78, 5) is 12.2. The standard InChI is InChI=1S/C14H19BrINO/c1-9(2)7-11(8-15)17-14(18)12-6-4-5-10(3)13(12)16/h4-6,9,11H,7-8H2,1-3H3,(H,17,18). The van der Waals surface area contributed by atoms with Crippen LogP contribution in [0.5, 0.6) is 0 Å². The molecule has 4 heteroatoms. The van der Waals surface area contributed by atoms with Gasteiger partial charge in [0.2, 0.25) is 0 Å². The molecule has 0 aliphatic heterocycles. The third-order valence-corrected chi connectivity index (χ3v) is 4.93. The van der Waals surface area contributed by atoms with E-state index in [0.717, 1.165) is 26.4 Å². The second-order valence-electron chi connectivity index (χ2n) is 4.89. The molecule has 1 atom stereocenters. The number of carbonyl (C=O) groups excluding carboxylic acids is 1. The molecule has 1 amide bonds. The van der Waals surface area contributed by atoms with Crippen molar-refractivity contribution >= 4 is 44.4 Å². The quantitative estimate of drug-likeness (QED) is 0.559. The van der Waals surface area contributed by atoms with Crippen LogP contribution in [0.3, 0.4) is 0 Å². The molecule has 1 unspecified atom stereocenters. The summed E-state index contributed by atoms with van der Waals surface area (Å²) in [6.45, 7) is 6.35. The van der Waals surface area contributed by atoms with Crippen LogP contribution in [0, 0.1) is 16.4 Å². The predicted octanol–water partition coefficient (Wildman–Crippen LogP) is 4.14. The highest BCUT2D eigenvalue weighted by Gasteiger charge is 2.16. The molecule has 1 N–H and O–H groups in total. The monoisotopic (exact) mass is 423 g/mol. The van der Waals surface area contributed by atoms with Gasteiger partial charge in [0.05, 0.1) is 5.56 Å². The Labute approximate surface area is 131 Å². The van der Waals surface area contributed by atoms with Crippen molar-refractivity contribution in [2.75, 3.05) is 5.33 Å². The van der Waals surface area contributed by atoms with Crippen LogP contribution in [-0.4, -0.2) is 17.3 Å². The predicted molar refractivity (Wildman–Crippen MR) is 88.4 cm³/mol. The number of benzene rings is 1. The molecule has 1 aromatic rings. The molecule has 1 rings (SSSR count). The molecule has 0 saturated heterocycles. The lowest BCUT2D eigenvalue weighted by Crippen LogP contribution is -2.37. The Morgan fingerprint density at radius 2 is 2.11 bits per heavy atom. The van der Waals surface area contributed by atoms with E-state index in [-0.39, 0.29) is 11.9 Å². The van der Waals surface area contributed by atoms with Gasteiger partial charge in [-0.15, -0.1) is 0 Å². The average molecular weight is 424 g/mol. The van der Waals surface area contributed by atoms with E-state index in [1.807, 2.05) is 25.1 Å². The first-order chi connectivity index (χ1) is 8.45. The number of nitrogens with one attached hydrogen (secondary N) is 1. The normalized spacial score (nSPS) is 12.6. The lowest BCUT2D eigenvalue weighted by atomic mass is 10.0. The molecule has 0 aliphatic rings. The first-order valence-electron chi connectivity index (χ1n) is 6.07. The van der Waals surface area contributed by atoms with Crippen molar-refractivity contribution in [1.29, 1.82) is 0 Å². The third kappa shape index (κ3) is 4.53. The topological polar surface area (TPSA) is 29.1 Å². The summed E-state index contributed by atoms with van der Waals surface area (Å²) in [5.41, 5.74) is 1.91. The smallest absolute Gasteiger partial charge is 0.252 e.